The molecule has 1 N–H and O–H groups in total. The van der Waals surface area contributed by atoms with Crippen LogP contribution in [0.5, 0.6) is 0 Å². The average molecular weight is 175 g/mol. The maximum atomic E-state index is 8.54. The first-order valence-corrected chi connectivity index (χ1v) is 4.31. The lowest BCUT2D eigenvalue weighted by molar-refractivity contribution is 0.581. The average Bonchev–Trinajstić information content (AvgIpc) is 2.15. The Kier molecular flexibility index (Phi) is 3.41. The highest BCUT2D eigenvalue weighted by Gasteiger charge is 1.96. The number of nitrogens with one attached hydrogen (secondary N) is 1. The molecular formula is C10H13N3. The highest BCUT2D eigenvalue weighted by molar-refractivity contribution is 5.26. The molecule has 13 heavy (non-hydrogen) atoms. The van der Waals surface area contributed by atoms with Gasteiger partial charge in [0.15, 0.2) is 0 Å². The van der Waals surface area contributed by atoms with Crippen LogP contribution in [-0.2, 0) is 6.54 Å². The van der Waals surface area contributed by atoms with Gasteiger partial charge in [0.2, 0.25) is 0 Å². The fourth-order valence-electron chi connectivity index (χ4n) is 0.904. The zero-order chi connectivity index (χ0) is 9.68. The largest absolute Gasteiger partial charge is 0.309 e. The summed E-state index contributed by atoms with van der Waals surface area (Å²) >= 11 is 0. The Bertz CT molecular complexity index is 295. The third-order valence-electron chi connectivity index (χ3n) is 1.65. The topological polar surface area (TPSA) is 48.7 Å². The van der Waals surface area contributed by atoms with Crippen LogP contribution in [0.4, 0.5) is 0 Å². The van der Waals surface area contributed by atoms with Crippen LogP contribution in [0, 0.1) is 11.3 Å². The molecule has 0 radical (unpaired) electrons. The molecule has 1 heterocycles. The second-order valence-electron chi connectivity index (χ2n) is 3.19. The van der Waals surface area contributed by atoms with Gasteiger partial charge in [-0.15, -0.1) is 0 Å². The summed E-state index contributed by atoms with van der Waals surface area (Å²) < 4.78 is 0. The summed E-state index contributed by atoms with van der Waals surface area (Å²) in [7, 11) is 0. The van der Waals surface area contributed by atoms with Gasteiger partial charge in [-0.1, -0.05) is 13.8 Å². The van der Waals surface area contributed by atoms with Gasteiger partial charge in [-0.2, -0.15) is 5.26 Å². The highest BCUT2D eigenvalue weighted by Crippen LogP contribution is 1.98. The van der Waals surface area contributed by atoms with E-state index in [1.54, 1.807) is 12.3 Å². The molecule has 0 aliphatic carbocycles. The Morgan fingerprint density at radius 2 is 2.31 bits per heavy atom. The lowest BCUT2D eigenvalue weighted by atomic mass is 10.2. The van der Waals surface area contributed by atoms with Crippen LogP contribution < -0.4 is 5.32 Å². The van der Waals surface area contributed by atoms with Crippen LogP contribution in [0.3, 0.4) is 0 Å². The van der Waals surface area contributed by atoms with Gasteiger partial charge >= 0.3 is 0 Å². The Labute approximate surface area is 78.4 Å². The highest BCUT2D eigenvalue weighted by atomic mass is 14.9. The molecular weight excluding hydrogens is 162 g/mol. The Morgan fingerprint density at radius 3 is 2.77 bits per heavy atom. The van der Waals surface area contributed by atoms with Crippen LogP contribution in [0.1, 0.15) is 25.1 Å². The number of rotatable bonds is 3. The van der Waals surface area contributed by atoms with Crippen molar-refractivity contribution in [1.82, 2.24) is 10.3 Å². The number of aromatic nitrogens is 1. The van der Waals surface area contributed by atoms with Crippen molar-refractivity contribution in [3.05, 3.63) is 29.6 Å². The van der Waals surface area contributed by atoms with E-state index in [0.29, 0.717) is 11.6 Å². The summed E-state index contributed by atoms with van der Waals surface area (Å²) in [5.41, 5.74) is 1.57. The molecule has 0 spiro atoms. The second-order valence-corrected chi connectivity index (χ2v) is 3.19. The molecule has 0 amide bonds. The fraction of sp³-hybridized carbons (Fsp3) is 0.400. The van der Waals surface area contributed by atoms with E-state index in [2.05, 4.69) is 24.1 Å². The van der Waals surface area contributed by atoms with Crippen molar-refractivity contribution in [2.24, 2.45) is 0 Å². The number of nitriles is 1. The van der Waals surface area contributed by atoms with Crippen molar-refractivity contribution in [2.75, 3.05) is 0 Å². The van der Waals surface area contributed by atoms with Crippen molar-refractivity contribution in [3.8, 4) is 6.07 Å². The minimum atomic E-state index is 0.456. The fourth-order valence-corrected chi connectivity index (χ4v) is 0.904. The first kappa shape index (κ1) is 9.69. The Morgan fingerprint density at radius 1 is 1.54 bits per heavy atom. The zero-order valence-electron chi connectivity index (χ0n) is 7.91. The molecule has 0 aliphatic rings. The monoisotopic (exact) mass is 175 g/mol. The molecule has 1 aromatic heterocycles. The van der Waals surface area contributed by atoms with Gasteiger partial charge in [0.05, 0.1) is 11.3 Å². The minimum absolute atomic E-state index is 0.456. The number of pyridine rings is 1. The third-order valence-corrected chi connectivity index (χ3v) is 1.65. The maximum Gasteiger partial charge on any atom is 0.101 e. The lowest BCUT2D eigenvalue weighted by Gasteiger charge is -2.06. The normalized spacial score (nSPS) is 10.0. The van der Waals surface area contributed by atoms with Gasteiger partial charge in [0, 0.05) is 18.8 Å². The quantitative estimate of drug-likeness (QED) is 0.756. The van der Waals surface area contributed by atoms with E-state index < -0.39 is 0 Å². The van der Waals surface area contributed by atoms with Crippen LogP contribution in [0.15, 0.2) is 18.3 Å². The van der Waals surface area contributed by atoms with Gasteiger partial charge in [0.25, 0.3) is 0 Å². The molecule has 1 aromatic rings. The van der Waals surface area contributed by atoms with Gasteiger partial charge in [0.1, 0.15) is 6.07 Å². The first-order valence-electron chi connectivity index (χ1n) is 4.31. The summed E-state index contributed by atoms with van der Waals surface area (Å²) in [4.78, 5) is 4.14. The summed E-state index contributed by atoms with van der Waals surface area (Å²) in [5, 5.41) is 11.8. The van der Waals surface area contributed by atoms with Crippen molar-refractivity contribution >= 4 is 0 Å². The Hall–Kier alpha value is -1.40. The molecule has 0 aromatic carbocycles. The van der Waals surface area contributed by atoms with Crippen LogP contribution in [0.25, 0.3) is 0 Å². The van der Waals surface area contributed by atoms with Crippen molar-refractivity contribution < 1.29 is 0 Å². The zero-order valence-corrected chi connectivity index (χ0v) is 7.91. The smallest absolute Gasteiger partial charge is 0.101 e. The van der Waals surface area contributed by atoms with E-state index in [1.807, 2.05) is 12.1 Å². The standard InChI is InChI=1S/C10H13N3/c1-8(2)12-7-10-4-3-9(5-11)6-13-10/h3-4,6,8,12H,7H2,1-2H3. The van der Waals surface area contributed by atoms with E-state index in [9.17, 15) is 0 Å². The molecule has 0 bridgehead atoms. The molecule has 0 saturated heterocycles. The predicted molar refractivity (Wildman–Crippen MR) is 50.9 cm³/mol. The van der Waals surface area contributed by atoms with Crippen LogP contribution >= 0.6 is 0 Å². The number of nitrogens with zero attached hydrogens (tertiary/aromatic N) is 2. The summed E-state index contributed by atoms with van der Waals surface area (Å²) in [5.74, 6) is 0. The molecule has 0 saturated carbocycles. The van der Waals surface area contributed by atoms with Crippen molar-refractivity contribution in [3.63, 3.8) is 0 Å². The SMILES string of the molecule is CC(C)NCc1ccc(C#N)cn1. The van der Waals surface area contributed by atoms with Crippen LogP contribution in [0.2, 0.25) is 0 Å². The van der Waals surface area contributed by atoms with E-state index in [-0.39, 0.29) is 0 Å². The maximum absolute atomic E-state index is 8.54. The van der Waals surface area contributed by atoms with E-state index in [0.717, 1.165) is 12.2 Å². The Balaban J connectivity index is 2.55. The third kappa shape index (κ3) is 3.22. The molecule has 0 unspecified atom stereocenters. The number of hydrogen-bond acceptors (Lipinski definition) is 3. The molecule has 0 aliphatic heterocycles. The second kappa shape index (κ2) is 4.58. The molecule has 3 heteroatoms. The molecule has 1 rings (SSSR count). The summed E-state index contributed by atoms with van der Waals surface area (Å²) in [6.45, 7) is 4.93. The van der Waals surface area contributed by atoms with Gasteiger partial charge in [-0.3, -0.25) is 4.98 Å². The first-order chi connectivity index (χ1) is 6.22. The van der Waals surface area contributed by atoms with Crippen molar-refractivity contribution in [1.29, 1.82) is 5.26 Å². The van der Waals surface area contributed by atoms with E-state index in [1.165, 1.54) is 0 Å². The molecule has 3 nitrogen and oxygen atoms in total. The predicted octanol–water partition coefficient (Wildman–Crippen LogP) is 1.45. The lowest BCUT2D eigenvalue weighted by Crippen LogP contribution is -2.22. The van der Waals surface area contributed by atoms with Crippen LogP contribution in [-0.4, -0.2) is 11.0 Å². The van der Waals surface area contributed by atoms with Gasteiger partial charge < -0.3 is 5.32 Å². The van der Waals surface area contributed by atoms with Gasteiger partial charge in [-0.25, -0.2) is 0 Å². The van der Waals surface area contributed by atoms with Crippen molar-refractivity contribution in [2.45, 2.75) is 26.4 Å². The minimum Gasteiger partial charge on any atom is -0.309 e. The number of hydrogen-bond donors (Lipinski definition) is 1. The van der Waals surface area contributed by atoms with Gasteiger partial charge in [-0.05, 0) is 12.1 Å². The summed E-state index contributed by atoms with van der Waals surface area (Å²) in [6, 6.07) is 6.14. The molecule has 0 fully saturated rings. The molecule has 0 atom stereocenters. The van der Waals surface area contributed by atoms with E-state index >= 15 is 0 Å². The summed E-state index contributed by atoms with van der Waals surface area (Å²) in [6.07, 6.45) is 1.59. The molecule has 68 valence electrons. The van der Waals surface area contributed by atoms with E-state index in [4.69, 9.17) is 5.26 Å².